The van der Waals surface area contributed by atoms with Gasteiger partial charge in [-0.15, -0.1) is 0 Å². The Morgan fingerprint density at radius 3 is 2.32 bits per heavy atom. The predicted octanol–water partition coefficient (Wildman–Crippen LogP) is 3.67. The van der Waals surface area contributed by atoms with Crippen molar-refractivity contribution in [2.75, 3.05) is 0 Å². The molecule has 0 fully saturated rings. The SMILES string of the molecule is CC(C)C(NC(=O)NCc1ccccc1)C(=O)NCc1cnn(-c2ccc(Cl)cc2)c1. The topological polar surface area (TPSA) is 88.1 Å². The molecule has 162 valence electrons. The Morgan fingerprint density at radius 1 is 0.968 bits per heavy atom. The zero-order valence-corrected chi connectivity index (χ0v) is 18.3. The summed E-state index contributed by atoms with van der Waals surface area (Å²) in [5.74, 6) is -0.316. The van der Waals surface area contributed by atoms with Crippen LogP contribution in [0.1, 0.15) is 25.0 Å². The molecule has 0 aliphatic carbocycles. The highest BCUT2D eigenvalue weighted by Gasteiger charge is 2.24. The van der Waals surface area contributed by atoms with E-state index in [0.29, 0.717) is 18.1 Å². The molecule has 0 saturated heterocycles. The van der Waals surface area contributed by atoms with Crippen LogP contribution in [0.25, 0.3) is 5.69 Å². The number of hydrogen-bond acceptors (Lipinski definition) is 3. The number of hydrogen-bond donors (Lipinski definition) is 3. The van der Waals surface area contributed by atoms with Crippen molar-refractivity contribution >= 4 is 23.5 Å². The van der Waals surface area contributed by atoms with Crippen molar-refractivity contribution in [1.82, 2.24) is 25.7 Å². The molecule has 0 aliphatic heterocycles. The molecule has 1 unspecified atom stereocenters. The van der Waals surface area contributed by atoms with Crippen LogP contribution in [0.2, 0.25) is 5.02 Å². The highest BCUT2D eigenvalue weighted by molar-refractivity contribution is 6.30. The number of nitrogens with one attached hydrogen (secondary N) is 3. The van der Waals surface area contributed by atoms with Crippen molar-refractivity contribution in [3.8, 4) is 5.69 Å². The van der Waals surface area contributed by atoms with Crippen LogP contribution in [0.4, 0.5) is 4.79 Å². The van der Waals surface area contributed by atoms with E-state index >= 15 is 0 Å². The van der Waals surface area contributed by atoms with Crippen molar-refractivity contribution in [1.29, 1.82) is 0 Å². The van der Waals surface area contributed by atoms with Crippen LogP contribution in [0, 0.1) is 5.92 Å². The van der Waals surface area contributed by atoms with E-state index in [1.165, 1.54) is 0 Å². The van der Waals surface area contributed by atoms with Crippen molar-refractivity contribution in [2.24, 2.45) is 5.92 Å². The highest BCUT2D eigenvalue weighted by Crippen LogP contribution is 2.13. The minimum atomic E-state index is -0.651. The first-order valence-electron chi connectivity index (χ1n) is 10.1. The highest BCUT2D eigenvalue weighted by atomic mass is 35.5. The minimum Gasteiger partial charge on any atom is -0.350 e. The van der Waals surface area contributed by atoms with E-state index in [1.54, 1.807) is 23.0 Å². The van der Waals surface area contributed by atoms with Gasteiger partial charge in [-0.3, -0.25) is 4.79 Å². The van der Waals surface area contributed by atoms with Gasteiger partial charge in [-0.05, 0) is 35.7 Å². The molecule has 0 aliphatic rings. The quantitative estimate of drug-likeness (QED) is 0.500. The number of nitrogens with zero attached hydrogens (tertiary/aromatic N) is 2. The molecule has 2 aromatic carbocycles. The standard InChI is InChI=1S/C23H26ClN5O2/c1-16(2)21(28-23(31)26-12-17-6-4-3-5-7-17)22(30)25-13-18-14-27-29(15-18)20-10-8-19(24)9-11-20/h3-11,14-16,21H,12-13H2,1-2H3,(H,25,30)(H2,26,28,31). The third kappa shape index (κ3) is 6.58. The molecule has 1 atom stereocenters. The van der Waals surface area contributed by atoms with Gasteiger partial charge in [-0.25, -0.2) is 9.48 Å². The average Bonchev–Trinajstić information content (AvgIpc) is 3.24. The summed E-state index contributed by atoms with van der Waals surface area (Å²) in [6.45, 7) is 4.48. The summed E-state index contributed by atoms with van der Waals surface area (Å²) in [6, 6.07) is 15.9. The molecule has 0 bridgehead atoms. The van der Waals surface area contributed by atoms with Crippen molar-refractivity contribution in [2.45, 2.75) is 33.0 Å². The fraction of sp³-hybridized carbons (Fsp3) is 0.261. The third-order valence-corrected chi connectivity index (χ3v) is 4.98. The lowest BCUT2D eigenvalue weighted by Crippen LogP contribution is -2.52. The Labute approximate surface area is 186 Å². The Morgan fingerprint density at radius 2 is 1.65 bits per heavy atom. The maximum atomic E-state index is 12.7. The second-order valence-electron chi connectivity index (χ2n) is 7.52. The van der Waals surface area contributed by atoms with Crippen LogP contribution < -0.4 is 16.0 Å². The summed E-state index contributed by atoms with van der Waals surface area (Å²) in [5, 5.41) is 13.4. The number of urea groups is 1. The van der Waals surface area contributed by atoms with Crippen LogP contribution in [0.15, 0.2) is 67.0 Å². The number of halogens is 1. The molecule has 1 heterocycles. The molecule has 31 heavy (non-hydrogen) atoms. The molecule has 1 aromatic heterocycles. The maximum absolute atomic E-state index is 12.7. The molecule has 0 saturated carbocycles. The lowest BCUT2D eigenvalue weighted by atomic mass is 10.0. The largest absolute Gasteiger partial charge is 0.350 e. The van der Waals surface area contributed by atoms with E-state index in [4.69, 9.17) is 11.6 Å². The Hall–Kier alpha value is -3.32. The number of carbonyl (C=O) groups excluding carboxylic acids is 2. The predicted molar refractivity (Wildman–Crippen MR) is 121 cm³/mol. The molecule has 0 spiro atoms. The normalized spacial score (nSPS) is 11.7. The number of rotatable bonds is 8. The zero-order valence-electron chi connectivity index (χ0n) is 17.5. The molecular weight excluding hydrogens is 414 g/mol. The molecule has 0 radical (unpaired) electrons. The molecular formula is C23H26ClN5O2. The first kappa shape index (κ1) is 22.4. The summed E-state index contributed by atoms with van der Waals surface area (Å²) >= 11 is 5.92. The average molecular weight is 440 g/mol. The van der Waals surface area contributed by atoms with Crippen LogP contribution in [-0.4, -0.2) is 27.8 Å². The number of aromatic nitrogens is 2. The molecule has 3 amide bonds. The molecule has 3 N–H and O–H groups in total. The number of amides is 3. The molecule has 3 rings (SSSR count). The second kappa shape index (κ2) is 10.6. The van der Waals surface area contributed by atoms with Crippen LogP contribution in [-0.2, 0) is 17.9 Å². The van der Waals surface area contributed by atoms with Gasteiger partial charge < -0.3 is 16.0 Å². The fourth-order valence-electron chi connectivity index (χ4n) is 2.99. The van der Waals surface area contributed by atoms with Gasteiger partial charge in [0.25, 0.3) is 0 Å². The van der Waals surface area contributed by atoms with E-state index in [2.05, 4.69) is 21.0 Å². The van der Waals surface area contributed by atoms with Gasteiger partial charge in [-0.2, -0.15) is 5.10 Å². The van der Waals surface area contributed by atoms with E-state index in [9.17, 15) is 9.59 Å². The van der Waals surface area contributed by atoms with Gasteiger partial charge in [0.15, 0.2) is 0 Å². The summed E-state index contributed by atoms with van der Waals surface area (Å²) in [6.07, 6.45) is 3.53. The van der Waals surface area contributed by atoms with Gasteiger partial charge in [-0.1, -0.05) is 55.8 Å². The van der Waals surface area contributed by atoms with Crippen LogP contribution in [0.3, 0.4) is 0 Å². The van der Waals surface area contributed by atoms with Gasteiger partial charge in [0, 0.05) is 29.9 Å². The van der Waals surface area contributed by atoms with E-state index in [0.717, 1.165) is 16.8 Å². The van der Waals surface area contributed by atoms with Crippen molar-refractivity contribution in [3.63, 3.8) is 0 Å². The van der Waals surface area contributed by atoms with E-state index < -0.39 is 6.04 Å². The minimum absolute atomic E-state index is 0.0701. The first-order valence-corrected chi connectivity index (χ1v) is 10.5. The van der Waals surface area contributed by atoms with Crippen LogP contribution >= 0.6 is 11.6 Å². The maximum Gasteiger partial charge on any atom is 0.315 e. The zero-order chi connectivity index (χ0) is 22.2. The van der Waals surface area contributed by atoms with E-state index in [1.807, 2.05) is 62.5 Å². The molecule has 8 heteroatoms. The fourth-order valence-corrected chi connectivity index (χ4v) is 3.12. The summed E-state index contributed by atoms with van der Waals surface area (Å²) in [7, 11) is 0. The monoisotopic (exact) mass is 439 g/mol. The third-order valence-electron chi connectivity index (χ3n) is 4.73. The smallest absolute Gasteiger partial charge is 0.315 e. The van der Waals surface area contributed by atoms with Gasteiger partial charge in [0.1, 0.15) is 6.04 Å². The van der Waals surface area contributed by atoms with Gasteiger partial charge >= 0.3 is 6.03 Å². The van der Waals surface area contributed by atoms with Crippen molar-refractivity contribution in [3.05, 3.63) is 83.1 Å². The first-order chi connectivity index (χ1) is 14.9. The Balaban J connectivity index is 1.52. The summed E-state index contributed by atoms with van der Waals surface area (Å²) in [4.78, 5) is 25.0. The van der Waals surface area contributed by atoms with Gasteiger partial charge in [0.2, 0.25) is 5.91 Å². The van der Waals surface area contributed by atoms with Crippen molar-refractivity contribution < 1.29 is 9.59 Å². The van der Waals surface area contributed by atoms with Crippen LogP contribution in [0.5, 0.6) is 0 Å². The molecule has 7 nitrogen and oxygen atoms in total. The molecule has 3 aromatic rings. The van der Waals surface area contributed by atoms with Gasteiger partial charge in [0.05, 0.1) is 11.9 Å². The Kier molecular flexibility index (Phi) is 7.67. The second-order valence-corrected chi connectivity index (χ2v) is 7.96. The number of carbonyl (C=O) groups is 2. The lowest BCUT2D eigenvalue weighted by Gasteiger charge is -2.21. The Bertz CT molecular complexity index is 1000. The summed E-state index contributed by atoms with van der Waals surface area (Å²) < 4.78 is 1.72. The summed E-state index contributed by atoms with van der Waals surface area (Å²) in [5.41, 5.74) is 2.71. The number of benzene rings is 2. The van der Waals surface area contributed by atoms with E-state index in [-0.39, 0.29) is 17.9 Å². The lowest BCUT2D eigenvalue weighted by molar-refractivity contribution is -0.124.